The topological polar surface area (TPSA) is 56.7 Å². The third-order valence-corrected chi connectivity index (χ3v) is 6.39. The largest absolute Gasteiger partial charge is 0.508 e. The van der Waals surface area contributed by atoms with Crippen LogP contribution in [-0.2, 0) is 0 Å². The number of nitrogens with zero attached hydrogens (tertiary/aromatic N) is 3. The summed E-state index contributed by atoms with van der Waals surface area (Å²) in [6.45, 7) is 2.84. The lowest BCUT2D eigenvalue weighted by molar-refractivity contribution is 0.0748. The molecule has 0 aliphatic carbocycles. The van der Waals surface area contributed by atoms with Crippen LogP contribution in [-0.4, -0.2) is 47.1 Å². The predicted octanol–water partition coefficient (Wildman–Crippen LogP) is 4.63. The van der Waals surface area contributed by atoms with Crippen LogP contribution in [0.15, 0.2) is 72.1 Å². The van der Waals surface area contributed by atoms with Gasteiger partial charge in [-0.2, -0.15) is 0 Å². The van der Waals surface area contributed by atoms with E-state index in [-0.39, 0.29) is 11.7 Å². The number of fused-ring (bicyclic) bond motifs is 1. The quantitative estimate of drug-likeness (QED) is 0.530. The van der Waals surface area contributed by atoms with Gasteiger partial charge in [0.05, 0.1) is 21.7 Å². The number of phenols is 1. The minimum Gasteiger partial charge on any atom is -0.508 e. The Labute approximate surface area is 178 Å². The van der Waals surface area contributed by atoms with E-state index in [1.165, 1.54) is 0 Å². The van der Waals surface area contributed by atoms with Crippen molar-refractivity contribution in [3.05, 3.63) is 77.7 Å². The zero-order valence-electron chi connectivity index (χ0n) is 16.4. The third-order valence-electron chi connectivity index (χ3n) is 5.50. The zero-order valence-corrected chi connectivity index (χ0v) is 17.2. The number of anilines is 1. The molecule has 0 saturated carbocycles. The smallest absolute Gasteiger partial charge is 0.254 e. The van der Waals surface area contributed by atoms with Gasteiger partial charge in [-0.1, -0.05) is 24.3 Å². The lowest BCUT2D eigenvalue weighted by Gasteiger charge is -2.36. The molecule has 1 amide bonds. The zero-order chi connectivity index (χ0) is 20.5. The molecule has 1 fully saturated rings. The minimum atomic E-state index is 0.0526. The van der Waals surface area contributed by atoms with Crippen molar-refractivity contribution >= 4 is 33.8 Å². The van der Waals surface area contributed by atoms with Crippen LogP contribution >= 0.6 is 11.3 Å². The number of pyridine rings is 1. The maximum absolute atomic E-state index is 13.5. The van der Waals surface area contributed by atoms with Crippen molar-refractivity contribution in [2.75, 3.05) is 31.1 Å². The van der Waals surface area contributed by atoms with Crippen molar-refractivity contribution in [1.29, 1.82) is 0 Å². The normalized spacial score (nSPS) is 14.3. The highest BCUT2D eigenvalue weighted by Crippen LogP contribution is 2.29. The summed E-state index contributed by atoms with van der Waals surface area (Å²) in [5, 5.41) is 12.4. The molecular weight excluding hydrogens is 394 g/mol. The molecule has 30 heavy (non-hydrogen) atoms. The van der Waals surface area contributed by atoms with E-state index in [4.69, 9.17) is 4.98 Å². The van der Waals surface area contributed by atoms with E-state index in [0.29, 0.717) is 18.7 Å². The Morgan fingerprint density at radius 3 is 2.43 bits per heavy atom. The highest BCUT2D eigenvalue weighted by molar-refractivity contribution is 7.13. The van der Waals surface area contributed by atoms with Crippen LogP contribution in [0.3, 0.4) is 0 Å². The fourth-order valence-electron chi connectivity index (χ4n) is 3.90. The second-order valence-corrected chi connectivity index (χ2v) is 8.29. The molecule has 0 atom stereocenters. The number of phenolic OH excluding ortho intramolecular Hbond substituents is 1. The first-order chi connectivity index (χ1) is 14.7. The molecule has 0 radical (unpaired) electrons. The van der Waals surface area contributed by atoms with Gasteiger partial charge in [0, 0.05) is 37.3 Å². The van der Waals surface area contributed by atoms with Gasteiger partial charge in [-0.3, -0.25) is 4.79 Å². The number of aromatic hydroxyl groups is 1. The number of benzene rings is 2. The Kier molecular flexibility index (Phi) is 4.85. The average Bonchev–Trinajstić information content (AvgIpc) is 3.34. The highest BCUT2D eigenvalue weighted by atomic mass is 32.1. The average molecular weight is 416 g/mol. The number of hydrogen-bond donors (Lipinski definition) is 1. The fourth-order valence-corrected chi connectivity index (χ4v) is 4.59. The molecule has 1 aliphatic heterocycles. The summed E-state index contributed by atoms with van der Waals surface area (Å²) in [6, 6.07) is 21.0. The van der Waals surface area contributed by atoms with Gasteiger partial charge in [-0.15, -0.1) is 11.3 Å². The third kappa shape index (κ3) is 3.50. The van der Waals surface area contributed by atoms with Crippen LogP contribution in [0.2, 0.25) is 0 Å². The monoisotopic (exact) mass is 415 g/mol. The molecular formula is C24H21N3O2S. The number of aromatic nitrogens is 1. The van der Waals surface area contributed by atoms with E-state index in [0.717, 1.165) is 40.3 Å². The molecule has 5 rings (SSSR count). The SMILES string of the molecule is O=C(c1cc(-c2cccs2)nc2ccccc12)N1CCN(c2ccc(O)cc2)CC1. The Morgan fingerprint density at radius 2 is 1.70 bits per heavy atom. The molecule has 2 aromatic heterocycles. The molecule has 150 valence electrons. The molecule has 0 unspecified atom stereocenters. The number of rotatable bonds is 3. The van der Waals surface area contributed by atoms with Crippen LogP contribution in [0.5, 0.6) is 5.75 Å². The number of carbonyl (C=O) groups is 1. The van der Waals surface area contributed by atoms with Crippen LogP contribution in [0.4, 0.5) is 5.69 Å². The van der Waals surface area contributed by atoms with Crippen LogP contribution < -0.4 is 4.90 Å². The number of hydrogen-bond acceptors (Lipinski definition) is 5. The lowest BCUT2D eigenvalue weighted by Crippen LogP contribution is -2.48. The van der Waals surface area contributed by atoms with Gasteiger partial charge in [0.25, 0.3) is 5.91 Å². The summed E-state index contributed by atoms with van der Waals surface area (Å²) in [5.74, 6) is 0.315. The Balaban J connectivity index is 1.42. The number of carbonyl (C=O) groups excluding carboxylic acids is 1. The summed E-state index contributed by atoms with van der Waals surface area (Å²) < 4.78 is 0. The molecule has 1 aliphatic rings. The molecule has 1 saturated heterocycles. The first-order valence-corrected chi connectivity index (χ1v) is 10.8. The van der Waals surface area contributed by atoms with Crippen molar-refractivity contribution < 1.29 is 9.90 Å². The second-order valence-electron chi connectivity index (χ2n) is 7.35. The molecule has 5 nitrogen and oxygen atoms in total. The summed E-state index contributed by atoms with van der Waals surface area (Å²) in [7, 11) is 0. The number of thiophene rings is 1. The van der Waals surface area contributed by atoms with Gasteiger partial charge in [0.15, 0.2) is 0 Å². The fraction of sp³-hybridized carbons (Fsp3) is 0.167. The molecule has 4 aromatic rings. The van der Waals surface area contributed by atoms with Gasteiger partial charge in [-0.25, -0.2) is 4.98 Å². The van der Waals surface area contributed by atoms with Gasteiger partial charge in [0.2, 0.25) is 0 Å². The minimum absolute atomic E-state index is 0.0526. The predicted molar refractivity (Wildman–Crippen MR) is 121 cm³/mol. The van der Waals surface area contributed by atoms with Crippen molar-refractivity contribution in [1.82, 2.24) is 9.88 Å². The summed E-state index contributed by atoms with van der Waals surface area (Å²) in [6.07, 6.45) is 0. The molecule has 0 bridgehead atoms. The number of piperazine rings is 1. The Morgan fingerprint density at radius 1 is 0.933 bits per heavy atom. The van der Waals surface area contributed by atoms with E-state index >= 15 is 0 Å². The van der Waals surface area contributed by atoms with E-state index in [2.05, 4.69) is 4.90 Å². The van der Waals surface area contributed by atoms with E-state index in [1.54, 1.807) is 23.5 Å². The van der Waals surface area contributed by atoms with Crippen molar-refractivity contribution in [3.63, 3.8) is 0 Å². The molecule has 2 aromatic carbocycles. The van der Waals surface area contributed by atoms with Gasteiger partial charge < -0.3 is 14.9 Å². The van der Waals surface area contributed by atoms with Crippen LogP contribution in [0.1, 0.15) is 10.4 Å². The Hall–Kier alpha value is -3.38. The van der Waals surface area contributed by atoms with Crippen molar-refractivity contribution in [3.8, 4) is 16.3 Å². The maximum atomic E-state index is 13.5. The van der Waals surface area contributed by atoms with Crippen LogP contribution in [0, 0.1) is 0 Å². The second kappa shape index (κ2) is 7.80. The summed E-state index contributed by atoms with van der Waals surface area (Å²) in [5.41, 5.74) is 3.46. The number of para-hydroxylation sites is 1. The van der Waals surface area contributed by atoms with E-state index < -0.39 is 0 Å². The standard InChI is InChI=1S/C24H21N3O2S/c28-18-9-7-17(8-10-18)26-11-13-27(14-12-26)24(29)20-16-22(23-6-3-15-30-23)25-21-5-2-1-4-19(20)21/h1-10,15-16,28H,11-14H2. The van der Waals surface area contributed by atoms with E-state index in [1.807, 2.05) is 64.9 Å². The van der Waals surface area contributed by atoms with Gasteiger partial charge in [0.1, 0.15) is 5.75 Å². The highest BCUT2D eigenvalue weighted by Gasteiger charge is 2.24. The molecule has 1 N–H and O–H groups in total. The molecule has 0 spiro atoms. The number of amides is 1. The van der Waals surface area contributed by atoms with Crippen molar-refractivity contribution in [2.24, 2.45) is 0 Å². The maximum Gasteiger partial charge on any atom is 0.254 e. The molecule has 6 heteroatoms. The Bertz CT molecular complexity index is 1180. The van der Waals surface area contributed by atoms with Crippen LogP contribution in [0.25, 0.3) is 21.5 Å². The van der Waals surface area contributed by atoms with Gasteiger partial charge in [-0.05, 0) is 47.8 Å². The summed E-state index contributed by atoms with van der Waals surface area (Å²) in [4.78, 5) is 23.5. The summed E-state index contributed by atoms with van der Waals surface area (Å²) >= 11 is 1.63. The van der Waals surface area contributed by atoms with E-state index in [9.17, 15) is 9.90 Å². The first kappa shape index (κ1) is 18.6. The first-order valence-electron chi connectivity index (χ1n) is 9.96. The lowest BCUT2D eigenvalue weighted by atomic mass is 10.1. The van der Waals surface area contributed by atoms with Gasteiger partial charge >= 0.3 is 0 Å². The molecule has 3 heterocycles. The van der Waals surface area contributed by atoms with Crippen molar-refractivity contribution in [2.45, 2.75) is 0 Å².